The average molecular weight is 376 g/mol. The third-order valence-electron chi connectivity index (χ3n) is 4.55. The molecule has 2 aromatic rings. The van der Waals surface area contributed by atoms with Crippen molar-refractivity contribution in [3.63, 3.8) is 0 Å². The van der Waals surface area contributed by atoms with Gasteiger partial charge in [-0.15, -0.1) is 0 Å². The number of carbonyl (C=O) groups is 2. The minimum atomic E-state index is -0.994. The highest BCUT2D eigenvalue weighted by Crippen LogP contribution is 2.28. The minimum absolute atomic E-state index is 0.174. The summed E-state index contributed by atoms with van der Waals surface area (Å²) < 4.78 is 10.3. The van der Waals surface area contributed by atoms with Gasteiger partial charge in [0, 0.05) is 12.2 Å². The van der Waals surface area contributed by atoms with E-state index in [2.05, 4.69) is 0 Å². The van der Waals surface area contributed by atoms with Gasteiger partial charge >= 0.3 is 5.97 Å². The molecular formula is C22H20N2O4. The lowest BCUT2D eigenvalue weighted by Gasteiger charge is -2.21. The second kappa shape index (κ2) is 8.40. The fourth-order valence-corrected chi connectivity index (χ4v) is 3.06. The highest BCUT2D eigenvalue weighted by atomic mass is 16.5. The van der Waals surface area contributed by atoms with E-state index in [1.165, 1.54) is 13.0 Å². The van der Waals surface area contributed by atoms with Crippen LogP contribution in [0.5, 0.6) is 5.75 Å². The molecule has 0 N–H and O–H groups in total. The van der Waals surface area contributed by atoms with Gasteiger partial charge in [0.1, 0.15) is 17.4 Å². The molecule has 6 nitrogen and oxygen atoms in total. The first kappa shape index (κ1) is 19.2. The summed E-state index contributed by atoms with van der Waals surface area (Å²) >= 11 is 0. The van der Waals surface area contributed by atoms with Crippen molar-refractivity contribution < 1.29 is 19.1 Å². The van der Waals surface area contributed by atoms with Crippen molar-refractivity contribution in [3.05, 3.63) is 65.2 Å². The Labute approximate surface area is 163 Å². The van der Waals surface area contributed by atoms with Crippen molar-refractivity contribution in [1.29, 1.82) is 5.26 Å². The van der Waals surface area contributed by atoms with E-state index in [1.807, 2.05) is 30.3 Å². The molecule has 0 fully saturated rings. The summed E-state index contributed by atoms with van der Waals surface area (Å²) in [6.45, 7) is 2.07. The average Bonchev–Trinajstić information content (AvgIpc) is 3.15. The number of nitrogens with zero attached hydrogens (tertiary/aromatic N) is 2. The maximum atomic E-state index is 12.7. The van der Waals surface area contributed by atoms with E-state index in [0.717, 1.165) is 17.7 Å². The van der Waals surface area contributed by atoms with Gasteiger partial charge in [0.15, 0.2) is 6.10 Å². The van der Waals surface area contributed by atoms with Crippen LogP contribution in [0.2, 0.25) is 0 Å². The van der Waals surface area contributed by atoms with Crippen LogP contribution in [-0.4, -0.2) is 31.6 Å². The lowest BCUT2D eigenvalue weighted by atomic mass is 10.1. The Hall–Kier alpha value is -3.59. The SMILES string of the molecule is COc1ccc(/C=C(\C#N)C(=O)OC(C)C(=O)N2CCc3ccccc32)cc1. The number of hydrogen-bond acceptors (Lipinski definition) is 5. The van der Waals surface area contributed by atoms with E-state index in [9.17, 15) is 14.9 Å². The van der Waals surface area contributed by atoms with Crippen LogP contribution in [0.1, 0.15) is 18.1 Å². The fourth-order valence-electron chi connectivity index (χ4n) is 3.06. The highest BCUT2D eigenvalue weighted by molar-refractivity contribution is 6.02. The van der Waals surface area contributed by atoms with Gasteiger partial charge in [-0.05, 0) is 48.7 Å². The number of ether oxygens (including phenoxy) is 2. The zero-order valence-electron chi connectivity index (χ0n) is 15.7. The van der Waals surface area contributed by atoms with Crippen molar-refractivity contribution in [2.24, 2.45) is 0 Å². The lowest BCUT2D eigenvalue weighted by Crippen LogP contribution is -2.39. The number of esters is 1. The van der Waals surface area contributed by atoms with Crippen LogP contribution in [0.3, 0.4) is 0 Å². The van der Waals surface area contributed by atoms with E-state index in [0.29, 0.717) is 17.9 Å². The second-order valence-corrected chi connectivity index (χ2v) is 6.36. The monoisotopic (exact) mass is 376 g/mol. The lowest BCUT2D eigenvalue weighted by molar-refractivity contribution is -0.149. The summed E-state index contributed by atoms with van der Waals surface area (Å²) in [5.41, 5.74) is 2.41. The maximum absolute atomic E-state index is 12.7. The topological polar surface area (TPSA) is 79.6 Å². The molecule has 1 amide bonds. The van der Waals surface area contributed by atoms with Crippen LogP contribution in [0.15, 0.2) is 54.1 Å². The van der Waals surface area contributed by atoms with Gasteiger partial charge in [0.05, 0.1) is 7.11 Å². The Morgan fingerprint density at radius 3 is 2.57 bits per heavy atom. The van der Waals surface area contributed by atoms with E-state index in [4.69, 9.17) is 9.47 Å². The van der Waals surface area contributed by atoms with Crippen molar-refractivity contribution >= 4 is 23.6 Å². The Bertz CT molecular complexity index is 957. The van der Waals surface area contributed by atoms with Crippen LogP contribution in [0, 0.1) is 11.3 Å². The summed E-state index contributed by atoms with van der Waals surface area (Å²) in [4.78, 5) is 26.7. The summed E-state index contributed by atoms with van der Waals surface area (Å²) in [7, 11) is 1.56. The fraction of sp³-hybridized carbons (Fsp3) is 0.227. The maximum Gasteiger partial charge on any atom is 0.349 e. The summed E-state index contributed by atoms with van der Waals surface area (Å²) in [6, 6.07) is 16.4. The van der Waals surface area contributed by atoms with Gasteiger partial charge in [0.2, 0.25) is 0 Å². The second-order valence-electron chi connectivity index (χ2n) is 6.36. The van der Waals surface area contributed by atoms with Gasteiger partial charge in [-0.2, -0.15) is 5.26 Å². The van der Waals surface area contributed by atoms with Crippen LogP contribution in [-0.2, 0) is 20.7 Å². The molecule has 0 radical (unpaired) electrons. The van der Waals surface area contributed by atoms with Crippen LogP contribution in [0.25, 0.3) is 6.08 Å². The van der Waals surface area contributed by atoms with Crippen molar-refractivity contribution in [2.45, 2.75) is 19.4 Å². The largest absolute Gasteiger partial charge is 0.497 e. The normalized spacial score (nSPS) is 14.0. The number of hydrogen-bond donors (Lipinski definition) is 0. The molecule has 1 aliphatic heterocycles. The number of methoxy groups -OCH3 is 1. The molecule has 1 unspecified atom stereocenters. The predicted octanol–water partition coefficient (Wildman–Crippen LogP) is 3.12. The quantitative estimate of drug-likeness (QED) is 0.455. The van der Waals surface area contributed by atoms with Crippen molar-refractivity contribution in [1.82, 2.24) is 0 Å². The van der Waals surface area contributed by atoms with Crippen LogP contribution >= 0.6 is 0 Å². The number of carbonyl (C=O) groups excluding carboxylic acids is 2. The molecule has 3 rings (SSSR count). The molecule has 142 valence electrons. The number of amides is 1. The number of rotatable bonds is 5. The number of fused-ring (bicyclic) bond motifs is 1. The molecule has 1 heterocycles. The van der Waals surface area contributed by atoms with Crippen LogP contribution in [0.4, 0.5) is 5.69 Å². The Kier molecular flexibility index (Phi) is 5.75. The molecule has 0 saturated heterocycles. The summed E-state index contributed by atoms with van der Waals surface area (Å²) in [6.07, 6.45) is 1.19. The molecular weight excluding hydrogens is 356 g/mol. The molecule has 1 aliphatic rings. The Balaban J connectivity index is 1.69. The number of nitriles is 1. The summed E-state index contributed by atoms with van der Waals surface area (Å²) in [5, 5.41) is 9.31. The molecule has 0 saturated carbocycles. The molecule has 28 heavy (non-hydrogen) atoms. The smallest absolute Gasteiger partial charge is 0.349 e. The van der Waals surface area contributed by atoms with Gasteiger partial charge in [-0.25, -0.2) is 4.79 Å². The first-order valence-electron chi connectivity index (χ1n) is 8.89. The zero-order valence-corrected chi connectivity index (χ0v) is 15.7. The van der Waals surface area contributed by atoms with Gasteiger partial charge < -0.3 is 14.4 Å². The molecule has 0 aliphatic carbocycles. The van der Waals surface area contributed by atoms with E-state index in [1.54, 1.807) is 36.3 Å². The van der Waals surface area contributed by atoms with Gasteiger partial charge in [-0.1, -0.05) is 30.3 Å². The third-order valence-corrected chi connectivity index (χ3v) is 4.55. The number of benzene rings is 2. The standard InChI is InChI=1S/C22H20N2O4/c1-15(21(25)24-12-11-17-5-3-4-6-20(17)24)28-22(26)18(14-23)13-16-7-9-19(27-2)10-8-16/h3-10,13,15H,11-12H2,1-2H3/b18-13+. The van der Waals surface area contributed by atoms with Crippen molar-refractivity contribution in [3.8, 4) is 11.8 Å². The number of anilines is 1. The predicted molar refractivity (Wildman–Crippen MR) is 105 cm³/mol. The molecule has 6 heteroatoms. The third kappa shape index (κ3) is 4.04. The molecule has 2 aromatic carbocycles. The molecule has 0 aromatic heterocycles. The molecule has 1 atom stereocenters. The Morgan fingerprint density at radius 1 is 1.18 bits per heavy atom. The number of para-hydroxylation sites is 1. The van der Waals surface area contributed by atoms with E-state index in [-0.39, 0.29) is 11.5 Å². The van der Waals surface area contributed by atoms with E-state index < -0.39 is 12.1 Å². The Morgan fingerprint density at radius 2 is 1.89 bits per heavy atom. The van der Waals surface area contributed by atoms with Gasteiger partial charge in [0.25, 0.3) is 5.91 Å². The zero-order chi connectivity index (χ0) is 20.1. The highest BCUT2D eigenvalue weighted by Gasteiger charge is 2.30. The van der Waals surface area contributed by atoms with E-state index >= 15 is 0 Å². The minimum Gasteiger partial charge on any atom is -0.497 e. The first-order chi connectivity index (χ1) is 13.5. The summed E-state index contributed by atoms with van der Waals surface area (Å²) in [5.74, 6) is -0.463. The molecule has 0 spiro atoms. The first-order valence-corrected chi connectivity index (χ1v) is 8.89. The van der Waals surface area contributed by atoms with Crippen molar-refractivity contribution in [2.75, 3.05) is 18.6 Å². The van der Waals surface area contributed by atoms with Crippen LogP contribution < -0.4 is 9.64 Å². The molecule has 0 bridgehead atoms. The van der Waals surface area contributed by atoms with Gasteiger partial charge in [-0.3, -0.25) is 4.79 Å².